The number of hydrogen-bond acceptors (Lipinski definition) is 0. The minimum absolute atomic E-state index is 0.197. The van der Waals surface area contributed by atoms with Crippen molar-refractivity contribution in [2.45, 2.75) is 19.3 Å². The summed E-state index contributed by atoms with van der Waals surface area (Å²) in [5.74, 6) is 0. The zero-order chi connectivity index (χ0) is 18.2. The van der Waals surface area contributed by atoms with Crippen molar-refractivity contribution in [3.8, 4) is 22.3 Å². The standard InChI is InChI=1S/C27H20/c1-17-15-22-21-11-5-8-14-25(21)27(26(22)16-18(17)2)23-12-6-3-9-19(23)20-10-4-7-13-24(20)27/h3-16H,1-2H3. The number of fused-ring (bicyclic) bond motifs is 10. The summed E-state index contributed by atoms with van der Waals surface area (Å²) >= 11 is 0. The molecule has 0 heteroatoms. The van der Waals surface area contributed by atoms with Gasteiger partial charge in [0.05, 0.1) is 5.41 Å². The molecule has 0 atom stereocenters. The third-order valence-electron chi connectivity index (χ3n) is 6.61. The summed E-state index contributed by atoms with van der Waals surface area (Å²) in [6, 6.07) is 31.7. The Morgan fingerprint density at radius 2 is 0.852 bits per heavy atom. The summed E-state index contributed by atoms with van der Waals surface area (Å²) in [5.41, 5.74) is 13.7. The topological polar surface area (TPSA) is 0 Å². The summed E-state index contributed by atoms with van der Waals surface area (Å²) in [5, 5.41) is 0. The van der Waals surface area contributed by atoms with Gasteiger partial charge in [-0.2, -0.15) is 0 Å². The van der Waals surface area contributed by atoms with Gasteiger partial charge in [0.2, 0.25) is 0 Å². The lowest BCUT2D eigenvalue weighted by atomic mass is 9.70. The molecular weight excluding hydrogens is 324 g/mol. The van der Waals surface area contributed by atoms with E-state index < -0.39 is 0 Å². The highest BCUT2D eigenvalue weighted by molar-refractivity contribution is 5.95. The lowest BCUT2D eigenvalue weighted by Gasteiger charge is -2.30. The molecule has 128 valence electrons. The zero-order valence-electron chi connectivity index (χ0n) is 15.6. The third-order valence-corrected chi connectivity index (χ3v) is 6.61. The van der Waals surface area contributed by atoms with Crippen LogP contribution < -0.4 is 0 Å². The van der Waals surface area contributed by atoms with Crippen molar-refractivity contribution in [2.24, 2.45) is 0 Å². The number of aryl methyl sites for hydroxylation is 2. The van der Waals surface area contributed by atoms with E-state index >= 15 is 0 Å². The normalized spacial score (nSPS) is 14.6. The molecule has 0 fully saturated rings. The van der Waals surface area contributed by atoms with Crippen molar-refractivity contribution in [3.63, 3.8) is 0 Å². The molecular formula is C27H20. The van der Waals surface area contributed by atoms with Crippen LogP contribution in [0.1, 0.15) is 33.4 Å². The SMILES string of the molecule is Cc1cc2c(cc1C)C1(c3ccccc3-c3ccccc31)c1ccccc1-2. The number of hydrogen-bond donors (Lipinski definition) is 0. The van der Waals surface area contributed by atoms with E-state index in [-0.39, 0.29) is 5.41 Å². The molecule has 4 aromatic rings. The fourth-order valence-electron chi connectivity index (χ4n) is 5.35. The van der Waals surface area contributed by atoms with Gasteiger partial charge in [-0.05, 0) is 69.5 Å². The van der Waals surface area contributed by atoms with Crippen molar-refractivity contribution in [3.05, 3.63) is 118 Å². The molecule has 0 bridgehead atoms. The van der Waals surface area contributed by atoms with Gasteiger partial charge in [0.15, 0.2) is 0 Å². The van der Waals surface area contributed by atoms with E-state index in [1.807, 2.05) is 0 Å². The third kappa shape index (κ3) is 1.64. The Morgan fingerprint density at radius 3 is 1.37 bits per heavy atom. The lowest BCUT2D eigenvalue weighted by Crippen LogP contribution is -2.25. The fraction of sp³-hybridized carbons (Fsp3) is 0.111. The summed E-state index contributed by atoms with van der Waals surface area (Å²) < 4.78 is 0. The molecule has 2 aliphatic rings. The summed E-state index contributed by atoms with van der Waals surface area (Å²) in [4.78, 5) is 0. The van der Waals surface area contributed by atoms with Crippen molar-refractivity contribution in [2.75, 3.05) is 0 Å². The first-order chi connectivity index (χ1) is 13.2. The highest BCUT2D eigenvalue weighted by Gasteiger charge is 2.51. The predicted molar refractivity (Wildman–Crippen MR) is 112 cm³/mol. The van der Waals surface area contributed by atoms with E-state index in [1.165, 1.54) is 55.6 Å². The van der Waals surface area contributed by atoms with Crippen LogP contribution >= 0.6 is 0 Å². The van der Waals surface area contributed by atoms with E-state index in [4.69, 9.17) is 0 Å². The van der Waals surface area contributed by atoms with Gasteiger partial charge in [0.1, 0.15) is 0 Å². The molecule has 0 heterocycles. The largest absolute Gasteiger partial charge is 0.0725 e. The highest BCUT2D eigenvalue weighted by atomic mass is 14.5. The molecule has 2 aliphatic carbocycles. The number of benzene rings is 4. The maximum absolute atomic E-state index is 2.43. The van der Waals surface area contributed by atoms with Gasteiger partial charge in [0.25, 0.3) is 0 Å². The Bertz CT molecular complexity index is 1200. The molecule has 4 aromatic carbocycles. The van der Waals surface area contributed by atoms with Gasteiger partial charge < -0.3 is 0 Å². The maximum Gasteiger partial charge on any atom is 0.0725 e. The van der Waals surface area contributed by atoms with Crippen LogP contribution in [0.3, 0.4) is 0 Å². The maximum atomic E-state index is 2.43. The predicted octanol–water partition coefficient (Wildman–Crippen LogP) is 6.65. The van der Waals surface area contributed by atoms with Crippen LogP contribution in [0.5, 0.6) is 0 Å². The van der Waals surface area contributed by atoms with Crippen molar-refractivity contribution in [1.29, 1.82) is 0 Å². The van der Waals surface area contributed by atoms with Crippen LogP contribution in [-0.2, 0) is 5.41 Å². The van der Waals surface area contributed by atoms with E-state index in [2.05, 4.69) is 98.8 Å². The van der Waals surface area contributed by atoms with Gasteiger partial charge in [0, 0.05) is 0 Å². The molecule has 27 heavy (non-hydrogen) atoms. The molecule has 0 N–H and O–H groups in total. The molecule has 6 rings (SSSR count). The minimum atomic E-state index is -0.197. The molecule has 0 radical (unpaired) electrons. The van der Waals surface area contributed by atoms with Crippen LogP contribution in [0.15, 0.2) is 84.9 Å². The number of rotatable bonds is 0. The lowest BCUT2D eigenvalue weighted by molar-refractivity contribution is 0.792. The first kappa shape index (κ1) is 15.0. The molecule has 0 aliphatic heterocycles. The van der Waals surface area contributed by atoms with Crippen molar-refractivity contribution < 1.29 is 0 Å². The molecule has 0 aromatic heterocycles. The van der Waals surface area contributed by atoms with E-state index in [0.717, 1.165) is 0 Å². The Labute approximate surface area is 160 Å². The molecule has 0 unspecified atom stereocenters. The van der Waals surface area contributed by atoms with Gasteiger partial charge >= 0.3 is 0 Å². The zero-order valence-corrected chi connectivity index (χ0v) is 15.6. The van der Waals surface area contributed by atoms with E-state index in [9.17, 15) is 0 Å². The molecule has 0 saturated carbocycles. The second-order valence-electron chi connectivity index (χ2n) is 7.87. The van der Waals surface area contributed by atoms with Crippen LogP contribution in [0, 0.1) is 13.8 Å². The van der Waals surface area contributed by atoms with Crippen molar-refractivity contribution >= 4 is 0 Å². The van der Waals surface area contributed by atoms with Crippen LogP contribution in [-0.4, -0.2) is 0 Å². The Morgan fingerprint density at radius 1 is 0.444 bits per heavy atom. The van der Waals surface area contributed by atoms with Crippen LogP contribution in [0.4, 0.5) is 0 Å². The Hall–Kier alpha value is -3.12. The molecule has 0 nitrogen and oxygen atoms in total. The molecule has 0 amide bonds. The van der Waals surface area contributed by atoms with Gasteiger partial charge in [-0.15, -0.1) is 0 Å². The van der Waals surface area contributed by atoms with Gasteiger partial charge in [-0.1, -0.05) is 84.9 Å². The van der Waals surface area contributed by atoms with Crippen molar-refractivity contribution in [1.82, 2.24) is 0 Å². The van der Waals surface area contributed by atoms with Crippen LogP contribution in [0.25, 0.3) is 22.3 Å². The average Bonchev–Trinajstić information content (AvgIpc) is 3.16. The monoisotopic (exact) mass is 344 g/mol. The quantitative estimate of drug-likeness (QED) is 0.289. The van der Waals surface area contributed by atoms with E-state index in [1.54, 1.807) is 0 Å². The summed E-state index contributed by atoms with van der Waals surface area (Å²) in [7, 11) is 0. The minimum Gasteiger partial charge on any atom is -0.0619 e. The summed E-state index contributed by atoms with van der Waals surface area (Å²) in [6.07, 6.45) is 0. The van der Waals surface area contributed by atoms with Gasteiger partial charge in [-0.3, -0.25) is 0 Å². The second kappa shape index (κ2) is 4.98. The van der Waals surface area contributed by atoms with Crippen LogP contribution in [0.2, 0.25) is 0 Å². The second-order valence-corrected chi connectivity index (χ2v) is 7.87. The Balaban J connectivity index is 1.88. The average molecular weight is 344 g/mol. The smallest absolute Gasteiger partial charge is 0.0619 e. The summed E-state index contributed by atoms with van der Waals surface area (Å²) in [6.45, 7) is 4.46. The van der Waals surface area contributed by atoms with E-state index in [0.29, 0.717) is 0 Å². The fourth-order valence-corrected chi connectivity index (χ4v) is 5.35. The molecule has 0 saturated heterocycles. The Kier molecular flexibility index (Phi) is 2.77. The molecule has 1 spiro atoms. The first-order valence-corrected chi connectivity index (χ1v) is 9.64. The van der Waals surface area contributed by atoms with Gasteiger partial charge in [-0.25, -0.2) is 0 Å². The highest BCUT2D eigenvalue weighted by Crippen LogP contribution is 2.62. The first-order valence-electron chi connectivity index (χ1n) is 9.64.